The number of hydrogen-bond donors (Lipinski definition) is 4. The molecule has 0 saturated heterocycles. The van der Waals surface area contributed by atoms with Crippen LogP contribution in [0.5, 0.6) is 0 Å². The molecule has 3 aromatic rings. The van der Waals surface area contributed by atoms with Gasteiger partial charge in [-0.05, 0) is 54.7 Å². The van der Waals surface area contributed by atoms with Gasteiger partial charge in [-0.2, -0.15) is 0 Å². The maximum absolute atomic E-state index is 13.4. The molecule has 224 valence electrons. The van der Waals surface area contributed by atoms with Gasteiger partial charge in [0.05, 0.1) is 12.1 Å². The molecule has 3 aromatic carbocycles. The first kappa shape index (κ1) is 32.5. The second-order valence-corrected chi connectivity index (χ2v) is 11.1. The fourth-order valence-electron chi connectivity index (χ4n) is 4.86. The summed E-state index contributed by atoms with van der Waals surface area (Å²) in [5.74, 6) is -0.800. The molecule has 0 aliphatic rings. The highest BCUT2D eigenvalue weighted by atomic mass is 16.3. The number of rotatable bonds is 17. The molecule has 3 amide bonds. The molecule has 0 fully saturated rings. The second-order valence-electron chi connectivity index (χ2n) is 11.1. The number of aryl methyl sites for hydroxylation is 1. The summed E-state index contributed by atoms with van der Waals surface area (Å²) >= 11 is 0. The maximum atomic E-state index is 13.4. The molecule has 0 aromatic heterocycles. The lowest BCUT2D eigenvalue weighted by molar-refractivity contribution is -0.131. The minimum atomic E-state index is -0.941. The van der Waals surface area contributed by atoms with Crippen molar-refractivity contribution in [1.82, 2.24) is 16.0 Å². The Balaban J connectivity index is 1.54. The minimum absolute atomic E-state index is 0.141. The Morgan fingerprint density at radius 2 is 1.24 bits per heavy atom. The number of aliphatic hydroxyl groups excluding tert-OH is 1. The van der Waals surface area contributed by atoms with Crippen LogP contribution in [-0.4, -0.2) is 47.6 Å². The molecule has 3 unspecified atom stereocenters. The molecule has 0 heterocycles. The summed E-state index contributed by atoms with van der Waals surface area (Å²) < 4.78 is 0. The SMILES string of the molecule is CC(C)C(NC(=O)CCCc1ccccc1)C(=O)NC(Cc1ccccc1)C(O)CCC(=O)NCCc1ccccc1. The van der Waals surface area contributed by atoms with Crippen molar-refractivity contribution in [2.45, 2.75) is 77.0 Å². The lowest BCUT2D eigenvalue weighted by Gasteiger charge is -2.28. The summed E-state index contributed by atoms with van der Waals surface area (Å²) in [5.41, 5.74) is 3.28. The van der Waals surface area contributed by atoms with E-state index in [2.05, 4.69) is 16.0 Å². The molecule has 3 rings (SSSR count). The molecule has 42 heavy (non-hydrogen) atoms. The number of nitrogens with one attached hydrogen (secondary N) is 3. The van der Waals surface area contributed by atoms with Gasteiger partial charge >= 0.3 is 0 Å². The van der Waals surface area contributed by atoms with Crippen LogP contribution in [0.25, 0.3) is 0 Å². The molecule has 0 saturated carbocycles. The van der Waals surface area contributed by atoms with Crippen molar-refractivity contribution in [1.29, 1.82) is 0 Å². The smallest absolute Gasteiger partial charge is 0.243 e. The number of hydrogen-bond acceptors (Lipinski definition) is 4. The van der Waals surface area contributed by atoms with Gasteiger partial charge in [-0.25, -0.2) is 0 Å². The van der Waals surface area contributed by atoms with Crippen LogP contribution in [0.3, 0.4) is 0 Å². The van der Waals surface area contributed by atoms with Crippen LogP contribution in [-0.2, 0) is 33.6 Å². The molecule has 3 atom stereocenters. The number of aliphatic hydroxyl groups is 1. The Labute approximate surface area is 250 Å². The van der Waals surface area contributed by atoms with Gasteiger partial charge in [0.2, 0.25) is 17.7 Å². The van der Waals surface area contributed by atoms with Crippen molar-refractivity contribution >= 4 is 17.7 Å². The van der Waals surface area contributed by atoms with Crippen LogP contribution in [0.15, 0.2) is 91.0 Å². The topological polar surface area (TPSA) is 108 Å². The molecule has 0 spiro atoms. The van der Waals surface area contributed by atoms with Gasteiger partial charge < -0.3 is 21.1 Å². The third kappa shape index (κ3) is 11.9. The van der Waals surface area contributed by atoms with Crippen molar-refractivity contribution < 1.29 is 19.5 Å². The molecule has 4 N–H and O–H groups in total. The fraction of sp³-hybridized carbons (Fsp3) is 0.400. The zero-order valence-corrected chi connectivity index (χ0v) is 24.8. The van der Waals surface area contributed by atoms with Gasteiger partial charge in [-0.15, -0.1) is 0 Å². The summed E-state index contributed by atoms with van der Waals surface area (Å²) in [6, 6.07) is 28.2. The van der Waals surface area contributed by atoms with Crippen molar-refractivity contribution in [2.75, 3.05) is 6.54 Å². The van der Waals surface area contributed by atoms with Crippen LogP contribution >= 0.6 is 0 Å². The Morgan fingerprint density at radius 1 is 0.690 bits per heavy atom. The van der Waals surface area contributed by atoms with Crippen LogP contribution in [0.4, 0.5) is 0 Å². The molecular formula is C35H45N3O4. The average molecular weight is 572 g/mol. The summed E-state index contributed by atoms with van der Waals surface area (Å²) in [6.07, 6.45) is 2.33. The highest BCUT2D eigenvalue weighted by molar-refractivity contribution is 5.88. The van der Waals surface area contributed by atoms with Crippen molar-refractivity contribution in [3.8, 4) is 0 Å². The number of carbonyl (C=O) groups excluding carboxylic acids is 3. The van der Waals surface area contributed by atoms with E-state index in [-0.39, 0.29) is 36.5 Å². The van der Waals surface area contributed by atoms with E-state index in [1.807, 2.05) is 105 Å². The Kier molecular flexibility index (Phi) is 13.8. The lowest BCUT2D eigenvalue weighted by Crippen LogP contribution is -2.55. The third-order valence-electron chi connectivity index (χ3n) is 7.31. The minimum Gasteiger partial charge on any atom is -0.391 e. The largest absolute Gasteiger partial charge is 0.391 e. The van der Waals surface area contributed by atoms with E-state index in [0.717, 1.165) is 24.0 Å². The van der Waals surface area contributed by atoms with Crippen LogP contribution in [0, 0.1) is 5.92 Å². The Morgan fingerprint density at radius 3 is 1.81 bits per heavy atom. The predicted octanol–water partition coefficient (Wildman–Crippen LogP) is 4.38. The van der Waals surface area contributed by atoms with E-state index in [9.17, 15) is 19.5 Å². The number of carbonyl (C=O) groups is 3. The van der Waals surface area contributed by atoms with E-state index >= 15 is 0 Å². The number of benzene rings is 3. The molecule has 0 radical (unpaired) electrons. The van der Waals surface area contributed by atoms with Crippen LogP contribution in [0.2, 0.25) is 0 Å². The highest BCUT2D eigenvalue weighted by Gasteiger charge is 2.29. The summed E-state index contributed by atoms with van der Waals surface area (Å²) in [6.45, 7) is 4.29. The first-order chi connectivity index (χ1) is 20.3. The van der Waals surface area contributed by atoms with Gasteiger partial charge in [0.25, 0.3) is 0 Å². The van der Waals surface area contributed by atoms with Gasteiger partial charge in [-0.3, -0.25) is 14.4 Å². The zero-order valence-electron chi connectivity index (χ0n) is 24.8. The van der Waals surface area contributed by atoms with E-state index in [1.165, 1.54) is 5.56 Å². The first-order valence-corrected chi connectivity index (χ1v) is 15.0. The third-order valence-corrected chi connectivity index (χ3v) is 7.31. The normalized spacial score (nSPS) is 13.1. The average Bonchev–Trinajstić information content (AvgIpc) is 2.99. The quantitative estimate of drug-likeness (QED) is 0.193. The second kappa shape index (κ2) is 17.8. The molecule has 0 aliphatic heterocycles. The van der Waals surface area contributed by atoms with Gasteiger partial charge in [0.1, 0.15) is 6.04 Å². The molecule has 7 heteroatoms. The standard InChI is InChI=1S/C35H45N3O4/c1-26(2)34(38-33(41)20-12-19-27-13-6-3-7-14-27)35(42)37-30(25-29-17-10-5-11-18-29)31(39)21-22-32(40)36-24-23-28-15-8-4-9-16-28/h3-11,13-18,26,30-31,34,39H,12,19-25H2,1-2H3,(H,36,40)(H,37,42)(H,38,41). The summed E-state index contributed by atoms with van der Waals surface area (Å²) in [7, 11) is 0. The highest BCUT2D eigenvalue weighted by Crippen LogP contribution is 2.13. The van der Waals surface area contributed by atoms with E-state index in [4.69, 9.17) is 0 Å². The molecular weight excluding hydrogens is 526 g/mol. The van der Waals surface area contributed by atoms with Gasteiger partial charge in [0, 0.05) is 19.4 Å². The van der Waals surface area contributed by atoms with Crippen molar-refractivity contribution in [2.24, 2.45) is 5.92 Å². The lowest BCUT2D eigenvalue weighted by atomic mass is 9.96. The predicted molar refractivity (Wildman–Crippen MR) is 167 cm³/mol. The Bertz CT molecular complexity index is 1220. The van der Waals surface area contributed by atoms with E-state index < -0.39 is 18.2 Å². The van der Waals surface area contributed by atoms with Crippen molar-refractivity contribution in [3.63, 3.8) is 0 Å². The summed E-state index contributed by atoms with van der Waals surface area (Å²) in [4.78, 5) is 38.6. The van der Waals surface area contributed by atoms with E-state index in [0.29, 0.717) is 25.8 Å². The van der Waals surface area contributed by atoms with E-state index in [1.54, 1.807) is 0 Å². The van der Waals surface area contributed by atoms with Crippen LogP contribution in [0.1, 0.15) is 56.2 Å². The fourth-order valence-corrected chi connectivity index (χ4v) is 4.86. The molecule has 0 aliphatic carbocycles. The number of amides is 3. The zero-order chi connectivity index (χ0) is 30.2. The Hall–Kier alpha value is -3.97. The first-order valence-electron chi connectivity index (χ1n) is 15.0. The van der Waals surface area contributed by atoms with Crippen LogP contribution < -0.4 is 16.0 Å². The van der Waals surface area contributed by atoms with Gasteiger partial charge in [-0.1, -0.05) is 105 Å². The molecule has 0 bridgehead atoms. The maximum Gasteiger partial charge on any atom is 0.243 e. The van der Waals surface area contributed by atoms with Gasteiger partial charge in [0.15, 0.2) is 0 Å². The van der Waals surface area contributed by atoms with Crippen molar-refractivity contribution in [3.05, 3.63) is 108 Å². The molecule has 7 nitrogen and oxygen atoms in total. The monoisotopic (exact) mass is 571 g/mol. The summed E-state index contributed by atoms with van der Waals surface area (Å²) in [5, 5.41) is 19.9.